The first-order chi connectivity index (χ1) is 13.1. The first-order valence-corrected chi connectivity index (χ1v) is 9.75. The van der Waals surface area contributed by atoms with Crippen molar-refractivity contribution in [1.29, 1.82) is 0 Å². The Morgan fingerprint density at radius 2 is 2.00 bits per heavy atom. The number of esters is 2. The van der Waals surface area contributed by atoms with Gasteiger partial charge in [0.1, 0.15) is 12.2 Å². The number of allylic oxidation sites excluding steroid dienone is 1. The maximum absolute atomic E-state index is 12.4. The number of ketones is 1. The van der Waals surface area contributed by atoms with Gasteiger partial charge in [-0.15, -0.1) is 0 Å². The molecule has 1 aromatic carbocycles. The SMILES string of the molecule is CCCCCC(=O)/C=C/[C@H]1[C@@H]2CC(=O)O[C@@H]2C[C@@H]1OC(=O)c1ccccc1. The van der Waals surface area contributed by atoms with E-state index in [0.717, 1.165) is 19.3 Å². The van der Waals surface area contributed by atoms with E-state index in [9.17, 15) is 14.4 Å². The predicted octanol–water partition coefficient (Wildman–Crippen LogP) is 3.87. The lowest BCUT2D eigenvalue weighted by Gasteiger charge is -2.20. The highest BCUT2D eigenvalue weighted by Gasteiger charge is 2.50. The molecule has 1 saturated heterocycles. The average molecular weight is 370 g/mol. The standard InChI is InChI=1S/C22H26O5/c1-2-3-5-10-16(23)11-12-17-18-13-21(24)26-20(18)14-19(17)27-22(25)15-8-6-4-7-9-15/h4,6-9,11-12,17-20H,2-3,5,10,13-14H2,1H3/b12-11+/t17-,18-,19-,20+/m0/s1. The van der Waals surface area contributed by atoms with Crippen LogP contribution in [-0.4, -0.2) is 29.9 Å². The molecule has 1 aliphatic heterocycles. The Bertz CT molecular complexity index is 709. The molecule has 0 radical (unpaired) electrons. The summed E-state index contributed by atoms with van der Waals surface area (Å²) in [5.41, 5.74) is 0.491. The molecular weight excluding hydrogens is 344 g/mol. The van der Waals surface area contributed by atoms with Gasteiger partial charge in [-0.05, 0) is 24.6 Å². The fourth-order valence-corrected chi connectivity index (χ4v) is 3.92. The van der Waals surface area contributed by atoms with Gasteiger partial charge in [0.2, 0.25) is 0 Å². The van der Waals surface area contributed by atoms with Crippen molar-refractivity contribution in [3.05, 3.63) is 48.0 Å². The Hall–Kier alpha value is -2.43. The number of ether oxygens (including phenoxy) is 2. The minimum Gasteiger partial charge on any atom is -0.462 e. The third kappa shape index (κ3) is 4.85. The Morgan fingerprint density at radius 3 is 2.74 bits per heavy atom. The molecule has 1 saturated carbocycles. The van der Waals surface area contributed by atoms with E-state index in [4.69, 9.17) is 9.47 Å². The number of fused-ring (bicyclic) bond motifs is 1. The molecule has 1 aliphatic carbocycles. The summed E-state index contributed by atoms with van der Waals surface area (Å²) in [6.07, 6.45) is 7.08. The van der Waals surface area contributed by atoms with Crippen LogP contribution in [0.25, 0.3) is 0 Å². The number of hydrogen-bond donors (Lipinski definition) is 0. The zero-order valence-electron chi connectivity index (χ0n) is 15.6. The largest absolute Gasteiger partial charge is 0.462 e. The molecule has 0 unspecified atom stereocenters. The number of rotatable bonds is 8. The summed E-state index contributed by atoms with van der Waals surface area (Å²) in [6, 6.07) is 8.83. The molecule has 3 rings (SSSR count). The summed E-state index contributed by atoms with van der Waals surface area (Å²) in [6.45, 7) is 2.10. The fourth-order valence-electron chi connectivity index (χ4n) is 3.92. The molecule has 0 amide bonds. The van der Waals surface area contributed by atoms with Gasteiger partial charge in [-0.1, -0.05) is 44.0 Å². The van der Waals surface area contributed by atoms with Crippen molar-refractivity contribution in [2.75, 3.05) is 0 Å². The smallest absolute Gasteiger partial charge is 0.338 e. The molecule has 1 heterocycles. The molecule has 27 heavy (non-hydrogen) atoms. The molecular formula is C22H26O5. The third-order valence-electron chi connectivity index (χ3n) is 5.35. The van der Waals surface area contributed by atoms with Gasteiger partial charge < -0.3 is 9.47 Å². The van der Waals surface area contributed by atoms with Crippen LogP contribution in [0, 0.1) is 11.8 Å². The zero-order valence-corrected chi connectivity index (χ0v) is 15.6. The Labute approximate surface area is 159 Å². The monoisotopic (exact) mass is 370 g/mol. The van der Waals surface area contributed by atoms with Gasteiger partial charge in [0.25, 0.3) is 0 Å². The van der Waals surface area contributed by atoms with Crippen LogP contribution in [0.2, 0.25) is 0 Å². The molecule has 2 fully saturated rings. The maximum Gasteiger partial charge on any atom is 0.338 e. The van der Waals surface area contributed by atoms with Crippen LogP contribution < -0.4 is 0 Å². The van der Waals surface area contributed by atoms with Crippen molar-refractivity contribution in [2.45, 2.75) is 57.7 Å². The predicted molar refractivity (Wildman–Crippen MR) is 100 cm³/mol. The van der Waals surface area contributed by atoms with Crippen molar-refractivity contribution < 1.29 is 23.9 Å². The van der Waals surface area contributed by atoms with Crippen molar-refractivity contribution in [1.82, 2.24) is 0 Å². The summed E-state index contributed by atoms with van der Waals surface area (Å²) < 4.78 is 11.1. The Morgan fingerprint density at radius 1 is 1.22 bits per heavy atom. The molecule has 0 N–H and O–H groups in total. The maximum atomic E-state index is 12.4. The molecule has 144 valence electrons. The molecule has 0 aromatic heterocycles. The fraction of sp³-hybridized carbons (Fsp3) is 0.500. The topological polar surface area (TPSA) is 69.7 Å². The first kappa shape index (κ1) is 19.3. The van der Waals surface area contributed by atoms with Gasteiger partial charge in [0, 0.05) is 24.7 Å². The van der Waals surface area contributed by atoms with Gasteiger partial charge in [-0.3, -0.25) is 9.59 Å². The lowest BCUT2D eigenvalue weighted by molar-refractivity contribution is -0.141. The van der Waals surface area contributed by atoms with Gasteiger partial charge in [-0.2, -0.15) is 0 Å². The van der Waals surface area contributed by atoms with Crippen molar-refractivity contribution in [3.63, 3.8) is 0 Å². The summed E-state index contributed by atoms with van der Waals surface area (Å²) in [5, 5.41) is 0. The van der Waals surface area contributed by atoms with Crippen molar-refractivity contribution >= 4 is 17.7 Å². The Balaban J connectivity index is 1.67. The minimum absolute atomic E-state index is 0.0363. The normalized spacial score (nSPS) is 26.8. The molecule has 0 spiro atoms. The van der Waals surface area contributed by atoms with Crippen LogP contribution in [0.5, 0.6) is 0 Å². The van der Waals surface area contributed by atoms with E-state index in [0.29, 0.717) is 24.8 Å². The lowest BCUT2D eigenvalue weighted by Crippen LogP contribution is -2.24. The number of carbonyl (C=O) groups is 3. The van der Waals surface area contributed by atoms with Crippen LogP contribution in [-0.2, 0) is 19.1 Å². The van der Waals surface area contributed by atoms with E-state index < -0.39 is 0 Å². The summed E-state index contributed by atoms with van der Waals surface area (Å²) in [4.78, 5) is 36.2. The highest BCUT2D eigenvalue weighted by molar-refractivity contribution is 5.90. The van der Waals surface area contributed by atoms with E-state index in [1.54, 1.807) is 30.3 Å². The molecule has 1 aromatic rings. The molecule has 0 bridgehead atoms. The average Bonchev–Trinajstić information content (AvgIpc) is 3.16. The van der Waals surface area contributed by atoms with E-state index in [-0.39, 0.29) is 41.8 Å². The molecule has 2 aliphatic rings. The van der Waals surface area contributed by atoms with E-state index in [2.05, 4.69) is 6.92 Å². The lowest BCUT2D eigenvalue weighted by atomic mass is 9.91. The number of unbranched alkanes of at least 4 members (excludes halogenated alkanes) is 2. The number of hydrogen-bond acceptors (Lipinski definition) is 5. The second-order valence-electron chi connectivity index (χ2n) is 7.30. The van der Waals surface area contributed by atoms with Crippen LogP contribution in [0.1, 0.15) is 55.8 Å². The third-order valence-corrected chi connectivity index (χ3v) is 5.35. The summed E-state index contributed by atoms with van der Waals surface area (Å²) >= 11 is 0. The molecule has 5 heteroatoms. The summed E-state index contributed by atoms with van der Waals surface area (Å²) in [7, 11) is 0. The van der Waals surface area contributed by atoms with Crippen molar-refractivity contribution in [3.8, 4) is 0 Å². The molecule has 5 nitrogen and oxygen atoms in total. The van der Waals surface area contributed by atoms with Crippen LogP contribution >= 0.6 is 0 Å². The highest BCUT2D eigenvalue weighted by atomic mass is 16.6. The Kier molecular flexibility index (Phi) is 6.43. The van der Waals surface area contributed by atoms with Crippen LogP contribution in [0.4, 0.5) is 0 Å². The minimum atomic E-state index is -0.389. The zero-order chi connectivity index (χ0) is 19.2. The summed E-state index contributed by atoms with van der Waals surface area (Å²) in [5.74, 6) is -0.745. The van der Waals surface area contributed by atoms with Gasteiger partial charge in [0.15, 0.2) is 5.78 Å². The quantitative estimate of drug-likeness (QED) is 0.395. The van der Waals surface area contributed by atoms with E-state index in [1.807, 2.05) is 12.1 Å². The van der Waals surface area contributed by atoms with Gasteiger partial charge in [-0.25, -0.2) is 4.79 Å². The van der Waals surface area contributed by atoms with E-state index >= 15 is 0 Å². The second-order valence-corrected chi connectivity index (χ2v) is 7.30. The highest BCUT2D eigenvalue weighted by Crippen LogP contribution is 2.43. The van der Waals surface area contributed by atoms with Crippen molar-refractivity contribution in [2.24, 2.45) is 11.8 Å². The first-order valence-electron chi connectivity index (χ1n) is 9.75. The van der Waals surface area contributed by atoms with Gasteiger partial charge >= 0.3 is 11.9 Å². The van der Waals surface area contributed by atoms with Crippen LogP contribution in [0.3, 0.4) is 0 Å². The van der Waals surface area contributed by atoms with E-state index in [1.165, 1.54) is 0 Å². The van der Waals surface area contributed by atoms with Crippen LogP contribution in [0.15, 0.2) is 42.5 Å². The van der Waals surface area contributed by atoms with Gasteiger partial charge in [0.05, 0.1) is 12.0 Å². The number of benzene rings is 1. The number of carbonyl (C=O) groups excluding carboxylic acids is 3. The molecule has 4 atom stereocenters. The second kappa shape index (κ2) is 8.98.